The van der Waals surface area contributed by atoms with Gasteiger partial charge in [-0.2, -0.15) is 5.10 Å². The van der Waals surface area contributed by atoms with Crippen molar-refractivity contribution >= 4 is 22.7 Å². The number of benzene rings is 1. The summed E-state index contributed by atoms with van der Waals surface area (Å²) in [6, 6.07) is 9.73. The van der Waals surface area contributed by atoms with Gasteiger partial charge >= 0.3 is 0 Å². The predicted octanol–water partition coefficient (Wildman–Crippen LogP) is 2.59. The molecule has 31 heavy (non-hydrogen) atoms. The zero-order chi connectivity index (χ0) is 21.4. The Balaban J connectivity index is 1.32. The van der Waals surface area contributed by atoms with E-state index in [2.05, 4.69) is 15.2 Å². The minimum atomic E-state index is -0.0936. The molecule has 0 spiro atoms. The summed E-state index contributed by atoms with van der Waals surface area (Å²) in [5.74, 6) is 0.304. The number of nitrogens with one attached hydrogen (secondary N) is 2. The largest absolute Gasteiger partial charge is 0.381 e. The van der Waals surface area contributed by atoms with E-state index in [1.165, 1.54) is 0 Å². The Labute approximate surface area is 180 Å². The summed E-state index contributed by atoms with van der Waals surface area (Å²) in [6.07, 6.45) is 2.61. The predicted molar refractivity (Wildman–Crippen MR) is 116 cm³/mol. The summed E-state index contributed by atoms with van der Waals surface area (Å²) in [6.45, 7) is 3.19. The number of fused-ring (bicyclic) bond motifs is 2. The summed E-state index contributed by atoms with van der Waals surface area (Å²) in [5.41, 5.74) is 3.72. The SMILES string of the molecule is CN(CC1CCOCC1)C(=O)c1n[nH]c2c1CN(C(=O)c1cc3ccccc3[nH]1)CC2. The number of aromatic nitrogens is 3. The van der Waals surface area contributed by atoms with Crippen LogP contribution in [0.5, 0.6) is 0 Å². The third-order valence-electron chi connectivity index (χ3n) is 6.40. The minimum Gasteiger partial charge on any atom is -0.381 e. The maximum Gasteiger partial charge on any atom is 0.274 e. The molecule has 0 bridgehead atoms. The van der Waals surface area contributed by atoms with Crippen molar-refractivity contribution in [1.29, 1.82) is 0 Å². The smallest absolute Gasteiger partial charge is 0.274 e. The van der Waals surface area contributed by atoms with Crippen LogP contribution in [0.3, 0.4) is 0 Å². The molecule has 1 saturated heterocycles. The first-order valence-corrected chi connectivity index (χ1v) is 10.9. The number of nitrogens with zero attached hydrogens (tertiary/aromatic N) is 3. The van der Waals surface area contributed by atoms with Crippen LogP contribution in [-0.4, -0.2) is 70.1 Å². The fourth-order valence-electron chi connectivity index (χ4n) is 4.58. The van der Waals surface area contributed by atoms with Crippen LogP contribution >= 0.6 is 0 Å². The molecule has 0 atom stereocenters. The van der Waals surface area contributed by atoms with Crippen LogP contribution in [-0.2, 0) is 17.7 Å². The molecule has 2 N–H and O–H groups in total. The number of ether oxygens (including phenoxy) is 1. The van der Waals surface area contributed by atoms with Gasteiger partial charge in [0.05, 0.1) is 6.54 Å². The number of hydrogen-bond donors (Lipinski definition) is 2. The Morgan fingerprint density at radius 1 is 1.26 bits per heavy atom. The molecule has 2 amide bonds. The van der Waals surface area contributed by atoms with Gasteiger partial charge in [-0.15, -0.1) is 0 Å². The van der Waals surface area contributed by atoms with Crippen LogP contribution in [0.2, 0.25) is 0 Å². The monoisotopic (exact) mass is 421 g/mol. The van der Waals surface area contributed by atoms with Gasteiger partial charge in [-0.25, -0.2) is 0 Å². The quantitative estimate of drug-likeness (QED) is 0.677. The van der Waals surface area contributed by atoms with Crippen LogP contribution in [0.1, 0.15) is 45.1 Å². The van der Waals surface area contributed by atoms with E-state index < -0.39 is 0 Å². The first-order valence-electron chi connectivity index (χ1n) is 10.9. The highest BCUT2D eigenvalue weighted by molar-refractivity contribution is 5.98. The summed E-state index contributed by atoms with van der Waals surface area (Å²) in [4.78, 5) is 33.0. The zero-order valence-electron chi connectivity index (χ0n) is 17.7. The molecule has 162 valence electrons. The fourth-order valence-corrected chi connectivity index (χ4v) is 4.58. The topological polar surface area (TPSA) is 94.3 Å². The molecule has 8 heteroatoms. The third kappa shape index (κ3) is 3.83. The number of hydrogen-bond acceptors (Lipinski definition) is 4. The summed E-state index contributed by atoms with van der Waals surface area (Å²) in [5, 5.41) is 8.36. The number of para-hydroxylation sites is 1. The van der Waals surface area contributed by atoms with E-state index in [-0.39, 0.29) is 11.8 Å². The lowest BCUT2D eigenvalue weighted by Gasteiger charge is -2.28. The highest BCUT2D eigenvalue weighted by atomic mass is 16.5. The molecule has 2 aliphatic rings. The average molecular weight is 422 g/mol. The van der Waals surface area contributed by atoms with Gasteiger partial charge in [0.2, 0.25) is 0 Å². The van der Waals surface area contributed by atoms with E-state index in [9.17, 15) is 9.59 Å². The van der Waals surface area contributed by atoms with Crippen LogP contribution in [0, 0.1) is 5.92 Å². The lowest BCUT2D eigenvalue weighted by atomic mass is 9.99. The van der Waals surface area contributed by atoms with Gasteiger partial charge in [0.15, 0.2) is 5.69 Å². The number of amides is 2. The molecule has 1 fully saturated rings. The second-order valence-electron chi connectivity index (χ2n) is 8.52. The maximum atomic E-state index is 13.1. The van der Waals surface area contributed by atoms with Gasteiger partial charge in [0, 0.05) is 61.9 Å². The van der Waals surface area contributed by atoms with Crippen molar-refractivity contribution in [2.45, 2.75) is 25.8 Å². The van der Waals surface area contributed by atoms with Crippen molar-refractivity contribution < 1.29 is 14.3 Å². The minimum absolute atomic E-state index is 0.0583. The van der Waals surface area contributed by atoms with E-state index in [1.807, 2.05) is 37.4 Å². The Bertz CT molecular complexity index is 1080. The van der Waals surface area contributed by atoms with Gasteiger partial charge in [-0.3, -0.25) is 14.7 Å². The van der Waals surface area contributed by atoms with Crippen molar-refractivity contribution in [3.05, 3.63) is 53.0 Å². The number of H-pyrrole nitrogens is 2. The van der Waals surface area contributed by atoms with Crippen molar-refractivity contribution in [1.82, 2.24) is 25.0 Å². The normalized spacial score (nSPS) is 17.0. The zero-order valence-corrected chi connectivity index (χ0v) is 17.7. The second-order valence-corrected chi connectivity index (χ2v) is 8.52. The first-order chi connectivity index (χ1) is 15.1. The van der Waals surface area contributed by atoms with E-state index in [0.717, 1.165) is 48.2 Å². The number of rotatable bonds is 4. The molecular formula is C23H27N5O3. The summed E-state index contributed by atoms with van der Waals surface area (Å²) < 4.78 is 5.42. The molecule has 2 aromatic heterocycles. The Hall–Kier alpha value is -3.13. The van der Waals surface area contributed by atoms with E-state index in [0.29, 0.717) is 43.4 Å². The van der Waals surface area contributed by atoms with Crippen molar-refractivity contribution in [3.8, 4) is 0 Å². The molecule has 4 heterocycles. The summed E-state index contributed by atoms with van der Waals surface area (Å²) in [7, 11) is 1.83. The second kappa shape index (κ2) is 8.19. The summed E-state index contributed by atoms with van der Waals surface area (Å²) >= 11 is 0. The lowest BCUT2D eigenvalue weighted by Crippen LogP contribution is -2.38. The molecular weight excluding hydrogens is 394 g/mol. The third-order valence-corrected chi connectivity index (χ3v) is 6.40. The first kappa shape index (κ1) is 19.8. The molecule has 0 aliphatic carbocycles. The van der Waals surface area contributed by atoms with Crippen LogP contribution < -0.4 is 0 Å². The lowest BCUT2D eigenvalue weighted by molar-refractivity contribution is 0.0493. The fraction of sp³-hybridized carbons (Fsp3) is 0.435. The molecule has 0 unspecified atom stereocenters. The molecule has 8 nitrogen and oxygen atoms in total. The van der Waals surface area contributed by atoms with Crippen LogP contribution in [0.15, 0.2) is 30.3 Å². The number of carbonyl (C=O) groups is 2. The average Bonchev–Trinajstić information content (AvgIpc) is 3.42. The molecule has 0 saturated carbocycles. The van der Waals surface area contributed by atoms with E-state index in [1.54, 1.807) is 9.80 Å². The standard InChI is InChI=1S/C23H27N5O3/c1-27(13-15-7-10-31-11-8-15)23(30)21-17-14-28(9-6-19(17)25-26-21)22(29)20-12-16-4-2-3-5-18(16)24-20/h2-5,12,15,24H,6-11,13-14H2,1H3,(H,25,26). The molecule has 2 aliphatic heterocycles. The highest BCUT2D eigenvalue weighted by Crippen LogP contribution is 2.25. The number of aromatic amines is 2. The maximum absolute atomic E-state index is 13.1. The van der Waals surface area contributed by atoms with Gasteiger partial charge in [0.25, 0.3) is 11.8 Å². The van der Waals surface area contributed by atoms with Gasteiger partial charge < -0.3 is 19.5 Å². The van der Waals surface area contributed by atoms with Crippen molar-refractivity contribution in [2.75, 3.05) is 33.4 Å². The molecule has 1 aromatic carbocycles. The molecule has 3 aromatic rings. The van der Waals surface area contributed by atoms with Crippen LogP contribution in [0.25, 0.3) is 10.9 Å². The number of carbonyl (C=O) groups excluding carboxylic acids is 2. The van der Waals surface area contributed by atoms with Crippen molar-refractivity contribution in [2.24, 2.45) is 5.92 Å². The Kier molecular flexibility index (Phi) is 5.23. The van der Waals surface area contributed by atoms with Crippen molar-refractivity contribution in [3.63, 3.8) is 0 Å². The molecule has 5 rings (SSSR count). The molecule has 0 radical (unpaired) electrons. The van der Waals surface area contributed by atoms with E-state index in [4.69, 9.17) is 4.74 Å². The van der Waals surface area contributed by atoms with Crippen LogP contribution in [0.4, 0.5) is 0 Å². The van der Waals surface area contributed by atoms with Gasteiger partial charge in [-0.05, 0) is 30.9 Å². The van der Waals surface area contributed by atoms with Gasteiger partial charge in [-0.1, -0.05) is 18.2 Å². The Morgan fingerprint density at radius 2 is 2.06 bits per heavy atom. The van der Waals surface area contributed by atoms with E-state index >= 15 is 0 Å². The highest BCUT2D eigenvalue weighted by Gasteiger charge is 2.30. The van der Waals surface area contributed by atoms with Gasteiger partial charge in [0.1, 0.15) is 5.69 Å². The Morgan fingerprint density at radius 3 is 2.87 bits per heavy atom.